The molecule has 12 heavy (non-hydrogen) atoms. The third-order valence-electron chi connectivity index (χ3n) is 2.01. The van der Waals surface area contributed by atoms with Gasteiger partial charge in [0.05, 0.1) is 19.4 Å². The molecule has 5 nitrogen and oxygen atoms in total. The molecule has 1 N–H and O–H groups in total. The highest BCUT2D eigenvalue weighted by molar-refractivity contribution is 5.81. The highest BCUT2D eigenvalue weighted by Crippen LogP contribution is 2.32. The van der Waals surface area contributed by atoms with Crippen LogP contribution in [0, 0.1) is 0 Å². The van der Waals surface area contributed by atoms with Crippen molar-refractivity contribution in [3.8, 4) is 0 Å². The molecule has 0 saturated carbocycles. The van der Waals surface area contributed by atoms with E-state index in [2.05, 4.69) is 4.98 Å². The third-order valence-corrected chi connectivity index (χ3v) is 2.01. The van der Waals surface area contributed by atoms with Crippen molar-refractivity contribution in [3.05, 3.63) is 18.4 Å². The van der Waals surface area contributed by atoms with Crippen molar-refractivity contribution < 1.29 is 19.1 Å². The van der Waals surface area contributed by atoms with E-state index < -0.39 is 11.4 Å². The van der Waals surface area contributed by atoms with Crippen molar-refractivity contribution in [1.29, 1.82) is 0 Å². The van der Waals surface area contributed by atoms with Crippen LogP contribution in [0.25, 0.3) is 0 Å². The minimum absolute atomic E-state index is 0.164. The van der Waals surface area contributed by atoms with Crippen molar-refractivity contribution in [1.82, 2.24) is 4.98 Å². The van der Waals surface area contributed by atoms with Gasteiger partial charge in [-0.1, -0.05) is 0 Å². The highest BCUT2D eigenvalue weighted by Gasteiger charge is 2.50. The molecule has 1 aromatic heterocycles. The first kappa shape index (κ1) is 7.30. The number of hydrogen-bond acceptors (Lipinski definition) is 4. The predicted octanol–water partition coefficient (Wildman–Crippen LogP) is 0.0272. The lowest BCUT2D eigenvalue weighted by atomic mass is 9.84. The summed E-state index contributed by atoms with van der Waals surface area (Å²) in [5, 5.41) is 8.89. The standard InChI is InChI=1S/C7H7NO4/c9-6(10)7(2-11-3-7)5-1-8-4-12-5/h1,4H,2-3H2,(H,9,10). The molecule has 0 spiro atoms. The van der Waals surface area contributed by atoms with Gasteiger partial charge in [-0.3, -0.25) is 4.79 Å². The summed E-state index contributed by atoms with van der Waals surface area (Å²) < 4.78 is 9.78. The van der Waals surface area contributed by atoms with Crippen LogP contribution in [-0.2, 0) is 14.9 Å². The summed E-state index contributed by atoms with van der Waals surface area (Å²) in [5.41, 5.74) is -0.990. The van der Waals surface area contributed by atoms with Gasteiger partial charge in [0, 0.05) is 0 Å². The molecule has 64 valence electrons. The smallest absolute Gasteiger partial charge is 0.322 e. The SMILES string of the molecule is O=C(O)C1(c2cnco2)COC1. The summed E-state index contributed by atoms with van der Waals surface area (Å²) in [7, 11) is 0. The molecule has 0 aliphatic carbocycles. The second-order valence-electron chi connectivity index (χ2n) is 2.75. The van der Waals surface area contributed by atoms with E-state index in [9.17, 15) is 4.79 Å². The van der Waals surface area contributed by atoms with E-state index in [0.717, 1.165) is 0 Å². The molecular formula is C7H7NO4. The maximum Gasteiger partial charge on any atom is 0.322 e. The lowest BCUT2D eigenvalue weighted by molar-refractivity contribution is -0.165. The first-order valence-electron chi connectivity index (χ1n) is 3.46. The zero-order valence-electron chi connectivity index (χ0n) is 6.19. The van der Waals surface area contributed by atoms with E-state index in [4.69, 9.17) is 14.3 Å². The Balaban J connectivity index is 2.35. The molecule has 1 saturated heterocycles. The minimum Gasteiger partial charge on any atom is -0.480 e. The van der Waals surface area contributed by atoms with Crippen molar-refractivity contribution in [3.63, 3.8) is 0 Å². The van der Waals surface area contributed by atoms with Gasteiger partial charge in [0.1, 0.15) is 5.76 Å². The Labute approximate surface area is 68.0 Å². The molecule has 2 heterocycles. The van der Waals surface area contributed by atoms with Crippen LogP contribution in [0.1, 0.15) is 5.76 Å². The van der Waals surface area contributed by atoms with Gasteiger partial charge in [0.25, 0.3) is 0 Å². The molecule has 1 aromatic rings. The fraction of sp³-hybridized carbons (Fsp3) is 0.429. The molecule has 1 aliphatic rings. The Morgan fingerprint density at radius 3 is 2.75 bits per heavy atom. The lowest BCUT2D eigenvalue weighted by Crippen LogP contribution is -2.52. The Bertz CT molecular complexity index is 288. The van der Waals surface area contributed by atoms with Crippen LogP contribution in [0.5, 0.6) is 0 Å². The molecule has 0 amide bonds. The summed E-state index contributed by atoms with van der Waals surface area (Å²) in [6.07, 6.45) is 2.63. The number of nitrogens with zero attached hydrogens (tertiary/aromatic N) is 1. The quantitative estimate of drug-likeness (QED) is 0.676. The van der Waals surface area contributed by atoms with Crippen LogP contribution in [0.4, 0.5) is 0 Å². The number of ether oxygens (including phenoxy) is 1. The van der Waals surface area contributed by atoms with E-state index >= 15 is 0 Å². The van der Waals surface area contributed by atoms with E-state index in [-0.39, 0.29) is 13.2 Å². The Morgan fingerprint density at radius 1 is 1.67 bits per heavy atom. The van der Waals surface area contributed by atoms with Crippen molar-refractivity contribution in [2.75, 3.05) is 13.2 Å². The van der Waals surface area contributed by atoms with Gasteiger partial charge < -0.3 is 14.3 Å². The first-order chi connectivity index (χ1) is 5.76. The fourth-order valence-corrected chi connectivity index (χ4v) is 1.13. The van der Waals surface area contributed by atoms with Gasteiger partial charge in [-0.2, -0.15) is 0 Å². The summed E-state index contributed by atoms with van der Waals surface area (Å²) in [6.45, 7) is 0.328. The molecule has 0 radical (unpaired) electrons. The second-order valence-corrected chi connectivity index (χ2v) is 2.75. The summed E-state index contributed by atoms with van der Waals surface area (Å²) in [4.78, 5) is 14.5. The number of oxazole rings is 1. The largest absolute Gasteiger partial charge is 0.480 e. The zero-order valence-corrected chi connectivity index (χ0v) is 6.19. The fourth-order valence-electron chi connectivity index (χ4n) is 1.13. The number of carboxylic acids is 1. The molecule has 1 fully saturated rings. The maximum atomic E-state index is 10.8. The molecule has 0 unspecified atom stereocenters. The van der Waals surface area contributed by atoms with Crippen LogP contribution in [0.3, 0.4) is 0 Å². The second kappa shape index (κ2) is 2.31. The number of carboxylic acid groups (broad SMARTS) is 1. The summed E-state index contributed by atoms with van der Waals surface area (Å²) in [5.74, 6) is -0.563. The Kier molecular flexibility index (Phi) is 1.41. The number of rotatable bonds is 2. The molecule has 5 heteroatoms. The van der Waals surface area contributed by atoms with E-state index in [1.165, 1.54) is 12.6 Å². The van der Waals surface area contributed by atoms with E-state index in [1.54, 1.807) is 0 Å². The number of hydrogen-bond donors (Lipinski definition) is 1. The Morgan fingerprint density at radius 2 is 2.42 bits per heavy atom. The highest BCUT2D eigenvalue weighted by atomic mass is 16.5. The topological polar surface area (TPSA) is 72.6 Å². The monoisotopic (exact) mass is 169 g/mol. The number of carbonyl (C=O) groups is 1. The first-order valence-corrected chi connectivity index (χ1v) is 3.46. The summed E-state index contributed by atoms with van der Waals surface area (Å²) >= 11 is 0. The Hall–Kier alpha value is -1.36. The predicted molar refractivity (Wildman–Crippen MR) is 36.6 cm³/mol. The molecule has 0 atom stereocenters. The van der Waals surface area contributed by atoms with Crippen molar-refractivity contribution >= 4 is 5.97 Å². The van der Waals surface area contributed by atoms with Crippen LogP contribution in [0.2, 0.25) is 0 Å². The van der Waals surface area contributed by atoms with Crippen LogP contribution in [-0.4, -0.2) is 29.3 Å². The number of aromatic nitrogens is 1. The molecule has 1 aliphatic heterocycles. The molecule has 2 rings (SSSR count). The molecule has 0 bridgehead atoms. The van der Waals surface area contributed by atoms with Crippen LogP contribution in [0.15, 0.2) is 17.0 Å². The third kappa shape index (κ3) is 0.767. The minimum atomic E-state index is -0.990. The van der Waals surface area contributed by atoms with E-state index in [1.807, 2.05) is 0 Å². The van der Waals surface area contributed by atoms with Gasteiger partial charge in [0.15, 0.2) is 11.8 Å². The van der Waals surface area contributed by atoms with Gasteiger partial charge in [-0.05, 0) is 0 Å². The lowest BCUT2D eigenvalue weighted by Gasteiger charge is -2.34. The van der Waals surface area contributed by atoms with Gasteiger partial charge in [0.2, 0.25) is 0 Å². The maximum absolute atomic E-state index is 10.8. The number of aliphatic carboxylic acids is 1. The van der Waals surface area contributed by atoms with Crippen LogP contribution < -0.4 is 0 Å². The van der Waals surface area contributed by atoms with Crippen LogP contribution >= 0.6 is 0 Å². The van der Waals surface area contributed by atoms with Gasteiger partial charge in [-0.15, -0.1) is 0 Å². The molecule has 0 aromatic carbocycles. The van der Waals surface area contributed by atoms with Gasteiger partial charge in [-0.25, -0.2) is 4.98 Å². The average Bonchev–Trinajstić information content (AvgIpc) is 2.35. The van der Waals surface area contributed by atoms with Crippen molar-refractivity contribution in [2.24, 2.45) is 0 Å². The van der Waals surface area contributed by atoms with Gasteiger partial charge >= 0.3 is 5.97 Å². The van der Waals surface area contributed by atoms with E-state index in [0.29, 0.717) is 5.76 Å². The normalized spacial score (nSPS) is 20.0. The van der Waals surface area contributed by atoms with Crippen molar-refractivity contribution in [2.45, 2.75) is 5.41 Å². The average molecular weight is 169 g/mol. The summed E-state index contributed by atoms with van der Waals surface area (Å²) in [6, 6.07) is 0. The molecular weight excluding hydrogens is 162 g/mol. The zero-order chi connectivity index (χ0) is 8.60.